The van der Waals surface area contributed by atoms with Crippen LogP contribution in [0, 0.1) is 41.4 Å². The maximum absolute atomic E-state index is 10.8. The molecular weight excluding hydrogens is 352 g/mol. The zero-order valence-corrected chi connectivity index (χ0v) is 17.1. The molecule has 0 aromatic carbocycles. The van der Waals surface area contributed by atoms with Crippen molar-refractivity contribution < 1.29 is 20.1 Å². The van der Waals surface area contributed by atoms with Gasteiger partial charge in [-0.25, -0.2) is 0 Å². The number of allylic oxidation sites excluding steroid dienone is 2. The maximum atomic E-state index is 10.8. The van der Waals surface area contributed by atoms with Gasteiger partial charge in [0, 0.05) is 6.42 Å². The second-order valence-corrected chi connectivity index (χ2v) is 9.02. The maximum Gasteiger partial charge on any atom is 0.303 e. The topological polar surface area (TPSA) is 77.8 Å². The monoisotopic (exact) mass is 388 g/mol. The lowest BCUT2D eigenvalue weighted by Crippen LogP contribution is -2.51. The minimum absolute atomic E-state index is 0.0647. The molecule has 0 bridgehead atoms. The van der Waals surface area contributed by atoms with Crippen LogP contribution in [0.25, 0.3) is 0 Å². The van der Waals surface area contributed by atoms with E-state index in [1.807, 2.05) is 0 Å². The largest absolute Gasteiger partial charge is 0.481 e. The van der Waals surface area contributed by atoms with Crippen LogP contribution in [-0.4, -0.2) is 33.5 Å². The summed E-state index contributed by atoms with van der Waals surface area (Å²) >= 11 is 0. The molecule has 3 N–H and O–H groups in total. The number of aliphatic hydroxyl groups is 2. The minimum Gasteiger partial charge on any atom is -0.481 e. The first-order chi connectivity index (χ1) is 13.5. The standard InChI is InChI=1S/C24H36O4/c1-2-7-18-17(10-6-11-23(27)28)19-12-15-22(26)20(24(18)19)13-14-21(25)16-8-4-3-5-9-16/h10,16,18-22,24-26H,2-9,11-12,15H2,1H3,(H,27,28)/t18?,19-,20+,21?,22-,24+/m1/s1. The van der Waals surface area contributed by atoms with Crippen molar-refractivity contribution in [3.8, 4) is 11.8 Å². The van der Waals surface area contributed by atoms with Gasteiger partial charge in [0.25, 0.3) is 0 Å². The van der Waals surface area contributed by atoms with Gasteiger partial charge >= 0.3 is 5.97 Å². The van der Waals surface area contributed by atoms with Gasteiger partial charge in [0.15, 0.2) is 0 Å². The third-order valence-electron chi connectivity index (χ3n) is 7.22. The van der Waals surface area contributed by atoms with Gasteiger partial charge in [0.1, 0.15) is 6.10 Å². The zero-order chi connectivity index (χ0) is 20.1. The summed E-state index contributed by atoms with van der Waals surface area (Å²) in [5.41, 5.74) is 1.40. The van der Waals surface area contributed by atoms with Crippen LogP contribution >= 0.6 is 0 Å². The number of carboxylic acid groups (broad SMARTS) is 1. The van der Waals surface area contributed by atoms with E-state index in [1.165, 1.54) is 24.8 Å². The lowest BCUT2D eigenvalue weighted by Gasteiger charge is -2.55. The Balaban J connectivity index is 1.71. The van der Waals surface area contributed by atoms with Crippen LogP contribution in [0.15, 0.2) is 11.6 Å². The highest BCUT2D eigenvalue weighted by Crippen LogP contribution is 2.57. The Morgan fingerprint density at radius 2 is 1.96 bits per heavy atom. The van der Waals surface area contributed by atoms with Crippen LogP contribution in [-0.2, 0) is 4.79 Å². The van der Waals surface area contributed by atoms with E-state index in [0.717, 1.165) is 38.5 Å². The number of aliphatic carboxylic acids is 1. The van der Waals surface area contributed by atoms with E-state index in [2.05, 4.69) is 24.8 Å². The van der Waals surface area contributed by atoms with Crippen LogP contribution in [0.4, 0.5) is 0 Å². The second-order valence-electron chi connectivity index (χ2n) is 9.02. The van der Waals surface area contributed by atoms with E-state index in [-0.39, 0.29) is 18.3 Å². The molecule has 2 unspecified atom stereocenters. The molecule has 0 radical (unpaired) electrons. The normalized spacial score (nSPS) is 35.4. The zero-order valence-electron chi connectivity index (χ0n) is 17.1. The summed E-state index contributed by atoms with van der Waals surface area (Å²) in [6, 6.07) is 0. The molecule has 6 atom stereocenters. The molecule has 0 aromatic heterocycles. The summed E-state index contributed by atoms with van der Waals surface area (Å²) < 4.78 is 0. The van der Waals surface area contributed by atoms with E-state index in [4.69, 9.17) is 5.11 Å². The van der Waals surface area contributed by atoms with Gasteiger partial charge in [-0.15, -0.1) is 0 Å². The van der Waals surface area contributed by atoms with Crippen molar-refractivity contribution in [1.82, 2.24) is 0 Å². The van der Waals surface area contributed by atoms with E-state index in [0.29, 0.717) is 24.2 Å². The fourth-order valence-corrected chi connectivity index (χ4v) is 5.80. The summed E-state index contributed by atoms with van der Waals surface area (Å²) in [5, 5.41) is 30.1. The van der Waals surface area contributed by atoms with Crippen LogP contribution in [0.5, 0.6) is 0 Å². The lowest BCUT2D eigenvalue weighted by atomic mass is 9.50. The van der Waals surface area contributed by atoms with E-state index in [1.54, 1.807) is 0 Å². The fourth-order valence-electron chi connectivity index (χ4n) is 5.80. The van der Waals surface area contributed by atoms with Crippen molar-refractivity contribution in [2.75, 3.05) is 0 Å². The molecule has 0 spiro atoms. The molecule has 0 heterocycles. The van der Waals surface area contributed by atoms with Crippen LogP contribution in [0.2, 0.25) is 0 Å². The van der Waals surface area contributed by atoms with Gasteiger partial charge < -0.3 is 15.3 Å². The summed E-state index contributed by atoms with van der Waals surface area (Å²) in [6.45, 7) is 2.18. The second kappa shape index (κ2) is 9.94. The van der Waals surface area contributed by atoms with Crippen molar-refractivity contribution in [3.05, 3.63) is 11.6 Å². The third-order valence-corrected chi connectivity index (χ3v) is 7.22. The van der Waals surface area contributed by atoms with E-state index < -0.39 is 18.2 Å². The predicted molar refractivity (Wildman–Crippen MR) is 109 cm³/mol. The Hall–Kier alpha value is -1.31. The predicted octanol–water partition coefficient (Wildman–Crippen LogP) is 4.16. The first-order valence-electron chi connectivity index (χ1n) is 11.3. The average molecular weight is 389 g/mol. The lowest BCUT2D eigenvalue weighted by molar-refractivity contribution is -0.136. The Bertz CT molecular complexity index is 622. The molecule has 0 amide bonds. The number of hydrogen-bond acceptors (Lipinski definition) is 3. The van der Waals surface area contributed by atoms with Gasteiger partial charge in [0.05, 0.1) is 12.0 Å². The molecule has 0 saturated heterocycles. The molecule has 3 saturated carbocycles. The summed E-state index contributed by atoms with van der Waals surface area (Å²) in [4.78, 5) is 10.8. The molecule has 3 aliphatic rings. The first-order valence-corrected chi connectivity index (χ1v) is 11.3. The van der Waals surface area contributed by atoms with Crippen LogP contribution in [0.3, 0.4) is 0 Å². The van der Waals surface area contributed by atoms with Crippen LogP contribution < -0.4 is 0 Å². The minimum atomic E-state index is -0.751. The molecule has 4 nitrogen and oxygen atoms in total. The molecule has 4 heteroatoms. The van der Waals surface area contributed by atoms with Gasteiger partial charge in [-0.1, -0.05) is 56.1 Å². The van der Waals surface area contributed by atoms with Crippen molar-refractivity contribution in [3.63, 3.8) is 0 Å². The highest BCUT2D eigenvalue weighted by atomic mass is 16.4. The molecular formula is C24H36O4. The van der Waals surface area contributed by atoms with Gasteiger partial charge in [-0.05, 0) is 62.2 Å². The number of carbonyl (C=O) groups is 1. The first kappa shape index (κ1) is 21.4. The number of carboxylic acids is 1. The van der Waals surface area contributed by atoms with E-state index in [9.17, 15) is 15.0 Å². The Morgan fingerprint density at radius 1 is 1.21 bits per heavy atom. The van der Waals surface area contributed by atoms with Crippen LogP contribution in [0.1, 0.15) is 77.6 Å². The molecule has 156 valence electrons. The molecule has 0 aliphatic heterocycles. The van der Waals surface area contributed by atoms with Crippen molar-refractivity contribution in [2.24, 2.45) is 29.6 Å². The molecule has 28 heavy (non-hydrogen) atoms. The number of aliphatic hydroxyl groups excluding tert-OH is 2. The third kappa shape index (κ3) is 4.81. The number of hydrogen-bond donors (Lipinski definition) is 3. The molecule has 3 rings (SSSR count). The fraction of sp³-hybridized carbons (Fsp3) is 0.792. The quantitative estimate of drug-likeness (QED) is 0.472. The van der Waals surface area contributed by atoms with E-state index >= 15 is 0 Å². The van der Waals surface area contributed by atoms with Crippen molar-refractivity contribution in [1.29, 1.82) is 0 Å². The summed E-state index contributed by atoms with van der Waals surface area (Å²) in [7, 11) is 0. The van der Waals surface area contributed by atoms with Crippen molar-refractivity contribution in [2.45, 2.75) is 89.8 Å². The summed E-state index contributed by atoms with van der Waals surface area (Å²) in [6.07, 6.45) is 11.5. The highest BCUT2D eigenvalue weighted by molar-refractivity contribution is 5.66. The van der Waals surface area contributed by atoms with Crippen molar-refractivity contribution >= 4 is 5.97 Å². The highest BCUT2D eigenvalue weighted by Gasteiger charge is 2.52. The molecule has 3 aliphatic carbocycles. The number of rotatable bonds is 6. The molecule has 3 fully saturated rings. The average Bonchev–Trinajstić information content (AvgIpc) is 2.69. The Morgan fingerprint density at radius 3 is 2.64 bits per heavy atom. The Kier molecular flexibility index (Phi) is 7.60. The van der Waals surface area contributed by atoms with Gasteiger partial charge in [-0.2, -0.15) is 0 Å². The Labute approximate surface area is 169 Å². The smallest absolute Gasteiger partial charge is 0.303 e. The number of fused-ring (bicyclic) bond motifs is 1. The van der Waals surface area contributed by atoms with Gasteiger partial charge in [0.2, 0.25) is 0 Å². The molecule has 0 aromatic rings. The van der Waals surface area contributed by atoms with Gasteiger partial charge in [-0.3, -0.25) is 4.79 Å². The summed E-state index contributed by atoms with van der Waals surface area (Å²) in [5.74, 6) is 7.10. The SMILES string of the molecule is CCCC1C(=CCCC(=O)O)[C@H]2CC[C@@H](O)[C@H](C#CC(O)C3CCCCC3)[C@@H]12.